The minimum absolute atomic E-state index is 0.126. The number of rotatable bonds is 4. The number of nitrogens with one attached hydrogen (secondary N) is 1. The van der Waals surface area contributed by atoms with E-state index in [0.717, 1.165) is 24.0 Å². The second-order valence-corrected chi connectivity index (χ2v) is 4.70. The molecule has 0 heterocycles. The van der Waals surface area contributed by atoms with Gasteiger partial charge in [-0.15, -0.1) is 0 Å². The first-order valence-corrected chi connectivity index (χ1v) is 6.10. The van der Waals surface area contributed by atoms with E-state index in [1.165, 1.54) is 0 Å². The van der Waals surface area contributed by atoms with Crippen molar-refractivity contribution < 1.29 is 14.6 Å². The van der Waals surface area contributed by atoms with Gasteiger partial charge in [0.1, 0.15) is 12.4 Å². The monoisotopic (exact) mass is 270 g/mol. The molecule has 0 aromatic heterocycles. The smallest absolute Gasteiger partial charge is 0.404 e. The van der Waals surface area contributed by atoms with E-state index in [1.54, 1.807) is 6.07 Å². The Morgan fingerprint density at radius 1 is 1.56 bits per heavy atom. The third-order valence-corrected chi connectivity index (χ3v) is 3.19. The number of ether oxygens (including phenoxy) is 1. The van der Waals surface area contributed by atoms with Crippen molar-refractivity contribution >= 4 is 17.7 Å². The summed E-state index contributed by atoms with van der Waals surface area (Å²) in [6.07, 6.45) is 0.547. The van der Waals surface area contributed by atoms with Crippen molar-refractivity contribution in [3.8, 4) is 5.75 Å². The van der Waals surface area contributed by atoms with Gasteiger partial charge in [-0.25, -0.2) is 4.79 Å². The maximum Gasteiger partial charge on any atom is 0.404 e. The van der Waals surface area contributed by atoms with Gasteiger partial charge in [0, 0.05) is 11.1 Å². The molecule has 0 saturated heterocycles. The Morgan fingerprint density at radius 2 is 2.33 bits per heavy atom. The summed E-state index contributed by atoms with van der Waals surface area (Å²) in [6, 6.07) is 3.80. The van der Waals surface area contributed by atoms with Crippen LogP contribution in [0.25, 0.3) is 0 Å². The van der Waals surface area contributed by atoms with Crippen molar-refractivity contribution in [1.82, 2.24) is 5.32 Å². The van der Waals surface area contributed by atoms with Crippen LogP contribution in [-0.4, -0.2) is 30.4 Å². The maximum atomic E-state index is 10.3. The van der Waals surface area contributed by atoms with Crippen LogP contribution in [-0.2, 0) is 12.8 Å². The number of fused-ring (bicyclic) bond motifs is 1. The van der Waals surface area contributed by atoms with E-state index in [-0.39, 0.29) is 19.2 Å². The first-order chi connectivity index (χ1) is 8.56. The third kappa shape index (κ3) is 3.05. The number of carbonyl (C=O) groups is 1. The molecule has 1 amide bonds. The molecule has 18 heavy (non-hydrogen) atoms. The van der Waals surface area contributed by atoms with Gasteiger partial charge < -0.3 is 20.9 Å². The average Bonchev–Trinajstić information content (AvgIpc) is 2.65. The molecule has 5 nitrogen and oxygen atoms in total. The summed E-state index contributed by atoms with van der Waals surface area (Å²) in [5.41, 5.74) is 8.10. The zero-order valence-corrected chi connectivity index (χ0v) is 10.5. The first kappa shape index (κ1) is 13.0. The van der Waals surface area contributed by atoms with Gasteiger partial charge in [0.2, 0.25) is 0 Å². The van der Waals surface area contributed by atoms with Gasteiger partial charge in [0.15, 0.2) is 0 Å². The fourth-order valence-corrected chi connectivity index (χ4v) is 2.41. The molecule has 1 aromatic rings. The Bertz CT molecular complexity index is 465. The van der Waals surface area contributed by atoms with Crippen LogP contribution < -0.4 is 15.8 Å². The predicted molar refractivity (Wildman–Crippen MR) is 68.4 cm³/mol. The lowest BCUT2D eigenvalue weighted by Gasteiger charge is -2.09. The number of nitrogens with two attached hydrogens (primary N) is 1. The highest BCUT2D eigenvalue weighted by Gasteiger charge is 2.21. The molecule has 1 atom stereocenters. The molecule has 1 aromatic carbocycles. The van der Waals surface area contributed by atoms with Crippen LogP contribution in [0.15, 0.2) is 12.1 Å². The van der Waals surface area contributed by atoms with E-state index < -0.39 is 6.09 Å². The van der Waals surface area contributed by atoms with Crippen molar-refractivity contribution in [3.63, 3.8) is 0 Å². The van der Waals surface area contributed by atoms with E-state index in [2.05, 4.69) is 5.32 Å². The maximum absolute atomic E-state index is 10.3. The number of hydrogen-bond donors (Lipinski definition) is 3. The lowest BCUT2D eigenvalue weighted by Crippen LogP contribution is -2.26. The minimum Gasteiger partial charge on any atom is -0.492 e. The highest BCUT2D eigenvalue weighted by atomic mass is 35.5. The molecule has 0 saturated carbocycles. The molecule has 2 rings (SSSR count). The Labute approximate surface area is 110 Å². The highest BCUT2D eigenvalue weighted by molar-refractivity contribution is 6.31. The molecule has 0 fully saturated rings. The summed E-state index contributed by atoms with van der Waals surface area (Å²) in [5.74, 6) is 0.653. The molecule has 4 N–H and O–H groups in total. The van der Waals surface area contributed by atoms with E-state index in [1.807, 2.05) is 6.07 Å². The van der Waals surface area contributed by atoms with Gasteiger partial charge in [0.05, 0.1) is 6.54 Å². The second kappa shape index (κ2) is 5.46. The number of hydrogen-bond acceptors (Lipinski definition) is 3. The standard InChI is InChI=1S/C12H15ClN2O3/c13-11-6-9(18-2-1-15-12(16)17)4-7-3-8(14)5-10(7)11/h4,6,8,15H,1-3,5,14H2,(H,16,17). The largest absolute Gasteiger partial charge is 0.492 e. The summed E-state index contributed by atoms with van der Waals surface area (Å²) in [7, 11) is 0. The van der Waals surface area contributed by atoms with Crippen LogP contribution in [0.3, 0.4) is 0 Å². The number of amides is 1. The minimum atomic E-state index is -1.06. The number of carboxylic acid groups (broad SMARTS) is 1. The quantitative estimate of drug-likeness (QED) is 0.722. The van der Waals surface area contributed by atoms with Gasteiger partial charge in [-0.05, 0) is 36.1 Å². The molecule has 1 unspecified atom stereocenters. The number of benzene rings is 1. The third-order valence-electron chi connectivity index (χ3n) is 2.86. The van der Waals surface area contributed by atoms with E-state index in [9.17, 15) is 4.79 Å². The zero-order valence-electron chi connectivity index (χ0n) is 9.78. The van der Waals surface area contributed by atoms with Crippen LogP contribution in [0, 0.1) is 0 Å². The van der Waals surface area contributed by atoms with E-state index >= 15 is 0 Å². The first-order valence-electron chi connectivity index (χ1n) is 5.72. The van der Waals surface area contributed by atoms with Crippen LogP contribution in [0.5, 0.6) is 5.75 Å². The molecule has 0 spiro atoms. The van der Waals surface area contributed by atoms with Crippen LogP contribution in [0.1, 0.15) is 11.1 Å². The predicted octanol–water partition coefficient (Wildman–Crippen LogP) is 1.41. The van der Waals surface area contributed by atoms with E-state index in [0.29, 0.717) is 10.8 Å². The normalized spacial score (nSPS) is 17.3. The van der Waals surface area contributed by atoms with Gasteiger partial charge in [-0.1, -0.05) is 11.6 Å². The van der Waals surface area contributed by atoms with Crippen molar-refractivity contribution in [3.05, 3.63) is 28.3 Å². The zero-order chi connectivity index (χ0) is 13.1. The topological polar surface area (TPSA) is 84.6 Å². The highest BCUT2D eigenvalue weighted by Crippen LogP contribution is 2.32. The van der Waals surface area contributed by atoms with Crippen LogP contribution in [0.4, 0.5) is 4.79 Å². The van der Waals surface area contributed by atoms with Crippen molar-refractivity contribution in [2.45, 2.75) is 18.9 Å². The Kier molecular flexibility index (Phi) is 3.93. The van der Waals surface area contributed by atoms with Gasteiger partial charge in [-0.2, -0.15) is 0 Å². The van der Waals surface area contributed by atoms with E-state index in [4.69, 9.17) is 27.2 Å². The molecule has 6 heteroatoms. The summed E-state index contributed by atoms with van der Waals surface area (Å²) >= 11 is 6.16. The van der Waals surface area contributed by atoms with Gasteiger partial charge >= 0.3 is 6.09 Å². The molecular weight excluding hydrogens is 256 g/mol. The SMILES string of the molecule is NC1Cc2cc(OCCNC(=O)O)cc(Cl)c2C1. The Hall–Kier alpha value is -1.46. The Morgan fingerprint density at radius 3 is 3.06 bits per heavy atom. The van der Waals surface area contributed by atoms with Gasteiger partial charge in [0.25, 0.3) is 0 Å². The second-order valence-electron chi connectivity index (χ2n) is 4.29. The lowest BCUT2D eigenvalue weighted by molar-refractivity contribution is 0.191. The van der Waals surface area contributed by atoms with Crippen molar-refractivity contribution in [1.29, 1.82) is 0 Å². The van der Waals surface area contributed by atoms with Crippen molar-refractivity contribution in [2.24, 2.45) is 5.73 Å². The molecular formula is C12H15ClN2O3. The number of halogens is 1. The lowest BCUT2D eigenvalue weighted by atomic mass is 10.1. The summed E-state index contributed by atoms with van der Waals surface area (Å²) < 4.78 is 5.45. The molecule has 0 bridgehead atoms. The van der Waals surface area contributed by atoms with Crippen molar-refractivity contribution in [2.75, 3.05) is 13.2 Å². The summed E-state index contributed by atoms with van der Waals surface area (Å²) in [4.78, 5) is 10.3. The summed E-state index contributed by atoms with van der Waals surface area (Å²) in [6.45, 7) is 0.511. The summed E-state index contributed by atoms with van der Waals surface area (Å²) in [5, 5.41) is 11.3. The molecule has 0 aliphatic heterocycles. The van der Waals surface area contributed by atoms with Crippen LogP contribution in [0.2, 0.25) is 5.02 Å². The molecule has 0 radical (unpaired) electrons. The average molecular weight is 271 g/mol. The molecule has 1 aliphatic rings. The molecule has 1 aliphatic carbocycles. The molecule has 98 valence electrons. The van der Waals surface area contributed by atoms with Crippen LogP contribution >= 0.6 is 11.6 Å². The fourth-order valence-electron chi connectivity index (χ4n) is 2.10. The van der Waals surface area contributed by atoms with Gasteiger partial charge in [-0.3, -0.25) is 0 Å². The Balaban J connectivity index is 1.96. The fraction of sp³-hybridized carbons (Fsp3) is 0.417.